The topological polar surface area (TPSA) is 116 Å². The molecule has 0 saturated heterocycles. The number of amides is 1. The van der Waals surface area contributed by atoms with Crippen molar-refractivity contribution in [2.45, 2.75) is 26.4 Å². The average Bonchev–Trinajstić information content (AvgIpc) is 2.36. The number of nitrogen functional groups attached to an aromatic ring is 1. The summed E-state index contributed by atoms with van der Waals surface area (Å²) in [6.45, 7) is 4.99. The van der Waals surface area contributed by atoms with Crippen LogP contribution in [0.25, 0.3) is 0 Å². The Labute approximate surface area is 136 Å². The van der Waals surface area contributed by atoms with E-state index >= 15 is 0 Å². The molecule has 0 radical (unpaired) electrons. The first-order valence-corrected chi connectivity index (χ1v) is 8.87. The summed E-state index contributed by atoms with van der Waals surface area (Å²) in [4.78, 5) is 23.3. The van der Waals surface area contributed by atoms with Crippen LogP contribution in [0, 0.1) is 0 Å². The smallest absolute Gasteiger partial charge is 0.407 e. The van der Waals surface area contributed by atoms with Crippen LogP contribution in [0.3, 0.4) is 0 Å². The van der Waals surface area contributed by atoms with Crippen LogP contribution in [-0.4, -0.2) is 43.9 Å². The number of hydrogen-bond donors (Lipinski definition) is 2. The average molecular weight is 342 g/mol. The predicted molar refractivity (Wildman–Crippen MR) is 88.1 cm³/mol. The minimum atomic E-state index is -3.63. The van der Waals surface area contributed by atoms with E-state index < -0.39 is 33.1 Å². The standard InChI is InChI=1S/C15H22N2O5S/c1-15(2,3)22-14(19)17-8-9-23(20,21)10-13(18)11-4-6-12(16)7-5-11/h4-7H,8-10,16H2,1-3H3,(H,17,19). The molecule has 0 saturated carbocycles. The molecule has 3 N–H and O–H groups in total. The van der Waals surface area contributed by atoms with Crippen molar-refractivity contribution < 1.29 is 22.7 Å². The Hall–Kier alpha value is -2.09. The van der Waals surface area contributed by atoms with E-state index in [1.165, 1.54) is 24.3 Å². The number of nitrogens with two attached hydrogens (primary N) is 1. The summed E-state index contributed by atoms with van der Waals surface area (Å²) in [6, 6.07) is 6.02. The van der Waals surface area contributed by atoms with Gasteiger partial charge in [-0.05, 0) is 45.0 Å². The van der Waals surface area contributed by atoms with Gasteiger partial charge in [0.25, 0.3) is 0 Å². The van der Waals surface area contributed by atoms with Gasteiger partial charge in [-0.3, -0.25) is 4.79 Å². The number of nitrogens with one attached hydrogen (secondary N) is 1. The van der Waals surface area contributed by atoms with Crippen molar-refractivity contribution in [3.63, 3.8) is 0 Å². The van der Waals surface area contributed by atoms with Crippen molar-refractivity contribution >= 4 is 27.4 Å². The molecular formula is C15H22N2O5S. The van der Waals surface area contributed by atoms with Gasteiger partial charge in [0.05, 0.1) is 5.75 Å². The van der Waals surface area contributed by atoms with E-state index in [-0.39, 0.29) is 17.9 Å². The number of Topliss-reactive ketones (excluding diaryl/α,β-unsaturated/α-hetero) is 1. The highest BCUT2D eigenvalue weighted by molar-refractivity contribution is 7.92. The third-order valence-corrected chi connectivity index (χ3v) is 4.19. The minimum Gasteiger partial charge on any atom is -0.444 e. The number of anilines is 1. The number of benzene rings is 1. The number of sulfone groups is 1. The number of rotatable bonds is 6. The number of carbonyl (C=O) groups excluding carboxylic acids is 2. The minimum absolute atomic E-state index is 0.119. The van der Waals surface area contributed by atoms with Crippen molar-refractivity contribution in [1.82, 2.24) is 5.32 Å². The van der Waals surface area contributed by atoms with Gasteiger partial charge in [0.2, 0.25) is 0 Å². The lowest BCUT2D eigenvalue weighted by Gasteiger charge is -2.19. The Bertz CT molecular complexity index is 660. The van der Waals surface area contributed by atoms with Crippen LogP contribution in [-0.2, 0) is 14.6 Å². The van der Waals surface area contributed by atoms with Crippen LogP contribution < -0.4 is 11.1 Å². The highest BCUT2D eigenvalue weighted by atomic mass is 32.2. The molecule has 0 aliphatic rings. The second-order valence-corrected chi connectivity index (χ2v) is 8.25. The highest BCUT2D eigenvalue weighted by Gasteiger charge is 2.20. The van der Waals surface area contributed by atoms with Crippen molar-refractivity contribution in [3.05, 3.63) is 29.8 Å². The summed E-state index contributed by atoms with van der Waals surface area (Å²) in [7, 11) is -3.63. The fourth-order valence-corrected chi connectivity index (χ4v) is 2.77. The van der Waals surface area contributed by atoms with E-state index in [1.54, 1.807) is 20.8 Å². The van der Waals surface area contributed by atoms with Crippen LogP contribution in [0.15, 0.2) is 24.3 Å². The molecule has 0 aliphatic carbocycles. The van der Waals surface area contributed by atoms with Crippen molar-refractivity contribution in [3.8, 4) is 0 Å². The number of alkyl carbamates (subject to hydrolysis) is 1. The van der Waals surface area contributed by atoms with Crippen LogP contribution in [0.5, 0.6) is 0 Å². The summed E-state index contributed by atoms with van der Waals surface area (Å²) in [5.74, 6) is -1.47. The summed E-state index contributed by atoms with van der Waals surface area (Å²) < 4.78 is 28.8. The first-order valence-electron chi connectivity index (χ1n) is 7.04. The highest BCUT2D eigenvalue weighted by Crippen LogP contribution is 2.08. The zero-order valence-corrected chi connectivity index (χ0v) is 14.3. The van der Waals surface area contributed by atoms with E-state index in [4.69, 9.17) is 10.5 Å². The Morgan fingerprint density at radius 2 is 1.74 bits per heavy atom. The summed E-state index contributed by atoms with van der Waals surface area (Å²) in [5.41, 5.74) is 5.62. The monoisotopic (exact) mass is 342 g/mol. The Morgan fingerprint density at radius 1 is 1.17 bits per heavy atom. The van der Waals surface area contributed by atoms with Crippen molar-refractivity contribution in [2.75, 3.05) is 23.8 Å². The maximum Gasteiger partial charge on any atom is 0.407 e. The van der Waals surface area contributed by atoms with E-state index in [1.807, 2.05) is 0 Å². The predicted octanol–water partition coefficient (Wildman–Crippen LogP) is 1.39. The van der Waals surface area contributed by atoms with Gasteiger partial charge in [-0.2, -0.15) is 0 Å². The Kier molecular flexibility index (Phi) is 6.14. The molecule has 1 amide bonds. The molecule has 0 spiro atoms. The number of ether oxygens (including phenoxy) is 1. The van der Waals surface area contributed by atoms with Gasteiger partial charge in [0.1, 0.15) is 11.4 Å². The molecule has 0 atom stereocenters. The molecular weight excluding hydrogens is 320 g/mol. The molecule has 1 aromatic carbocycles. The van der Waals surface area contributed by atoms with E-state index in [0.717, 1.165) is 0 Å². The molecule has 128 valence electrons. The second kappa shape index (κ2) is 7.45. The Balaban J connectivity index is 2.49. The van der Waals surface area contributed by atoms with Crippen LogP contribution >= 0.6 is 0 Å². The quantitative estimate of drug-likeness (QED) is 0.596. The third-order valence-electron chi connectivity index (χ3n) is 2.66. The van der Waals surface area contributed by atoms with Crippen molar-refractivity contribution in [2.24, 2.45) is 0 Å². The molecule has 23 heavy (non-hydrogen) atoms. The number of ketones is 1. The van der Waals surface area contributed by atoms with Gasteiger partial charge in [-0.15, -0.1) is 0 Å². The largest absolute Gasteiger partial charge is 0.444 e. The van der Waals surface area contributed by atoms with Crippen molar-refractivity contribution in [1.29, 1.82) is 0 Å². The van der Waals surface area contributed by atoms with Gasteiger partial charge in [-0.1, -0.05) is 0 Å². The summed E-state index contributed by atoms with van der Waals surface area (Å²) >= 11 is 0. The first kappa shape index (κ1) is 19.0. The van der Waals surface area contributed by atoms with E-state index in [2.05, 4.69) is 5.32 Å². The second-order valence-electron chi connectivity index (χ2n) is 6.07. The van der Waals surface area contributed by atoms with Gasteiger partial charge < -0.3 is 15.8 Å². The zero-order chi connectivity index (χ0) is 17.7. The SMILES string of the molecule is CC(C)(C)OC(=O)NCCS(=O)(=O)CC(=O)c1ccc(N)cc1. The van der Waals surface area contributed by atoms with Gasteiger partial charge in [0, 0.05) is 17.8 Å². The van der Waals surface area contributed by atoms with Gasteiger partial charge in [0.15, 0.2) is 15.6 Å². The molecule has 0 aliphatic heterocycles. The number of hydrogen-bond acceptors (Lipinski definition) is 6. The van der Waals surface area contributed by atoms with Crippen LogP contribution in [0.2, 0.25) is 0 Å². The lowest BCUT2D eigenvalue weighted by atomic mass is 10.1. The molecule has 1 rings (SSSR count). The van der Waals surface area contributed by atoms with Crippen LogP contribution in [0.1, 0.15) is 31.1 Å². The molecule has 7 nitrogen and oxygen atoms in total. The van der Waals surface area contributed by atoms with Gasteiger partial charge in [-0.25, -0.2) is 13.2 Å². The molecule has 1 aromatic rings. The molecule has 0 heterocycles. The lowest BCUT2D eigenvalue weighted by molar-refractivity contribution is 0.0531. The van der Waals surface area contributed by atoms with Crippen LogP contribution in [0.4, 0.5) is 10.5 Å². The third kappa shape index (κ3) is 7.64. The molecule has 0 unspecified atom stereocenters. The zero-order valence-electron chi connectivity index (χ0n) is 13.5. The maximum atomic E-state index is 11.9. The summed E-state index contributed by atoms with van der Waals surface area (Å²) in [6.07, 6.45) is -0.697. The fraction of sp³-hybridized carbons (Fsp3) is 0.467. The molecule has 0 aromatic heterocycles. The fourth-order valence-electron chi connectivity index (χ4n) is 1.65. The summed E-state index contributed by atoms with van der Waals surface area (Å²) in [5, 5.41) is 2.35. The number of carbonyl (C=O) groups is 2. The first-order chi connectivity index (χ1) is 10.5. The van der Waals surface area contributed by atoms with Gasteiger partial charge >= 0.3 is 6.09 Å². The molecule has 0 bridgehead atoms. The molecule has 8 heteroatoms. The Morgan fingerprint density at radius 3 is 2.26 bits per heavy atom. The van der Waals surface area contributed by atoms with E-state index in [0.29, 0.717) is 5.69 Å². The normalized spacial score (nSPS) is 11.8. The maximum absolute atomic E-state index is 11.9. The van der Waals surface area contributed by atoms with E-state index in [9.17, 15) is 18.0 Å². The lowest BCUT2D eigenvalue weighted by Crippen LogP contribution is -2.35. The molecule has 0 fully saturated rings.